The summed E-state index contributed by atoms with van der Waals surface area (Å²) >= 11 is 0. The number of fused-ring (bicyclic) bond motifs is 2. The van der Waals surface area contributed by atoms with Gasteiger partial charge in [0.25, 0.3) is 11.8 Å². The summed E-state index contributed by atoms with van der Waals surface area (Å²) < 4.78 is 76.3. The topological polar surface area (TPSA) is 111 Å². The first-order chi connectivity index (χ1) is 21.0. The first-order valence-electron chi connectivity index (χ1n) is 14.3. The number of benzene rings is 1. The molecule has 0 bridgehead atoms. The molecule has 1 amide bonds. The number of carbonyl (C=O) groups excluding carboxylic acids is 1. The number of amides is 1. The second-order valence-electron chi connectivity index (χ2n) is 11.0. The number of hydrogen-bond donors (Lipinski definition) is 2. The highest BCUT2D eigenvalue weighted by Crippen LogP contribution is 2.43. The molecule has 0 saturated carbocycles. The lowest BCUT2D eigenvalue weighted by molar-refractivity contribution is -0.137. The van der Waals surface area contributed by atoms with Gasteiger partial charge in [0, 0.05) is 48.6 Å². The lowest BCUT2D eigenvalue weighted by Gasteiger charge is -2.46. The van der Waals surface area contributed by atoms with Crippen LogP contribution in [0.2, 0.25) is 0 Å². The molecule has 14 heteroatoms. The van der Waals surface area contributed by atoms with Crippen LogP contribution in [0.1, 0.15) is 60.3 Å². The number of imidazole rings is 1. The Morgan fingerprint density at radius 2 is 1.98 bits per heavy atom. The number of halogens is 5. The Morgan fingerprint density at radius 1 is 1.16 bits per heavy atom. The van der Waals surface area contributed by atoms with Crippen molar-refractivity contribution in [2.45, 2.75) is 56.7 Å². The second-order valence-corrected chi connectivity index (χ2v) is 11.0. The van der Waals surface area contributed by atoms with Gasteiger partial charge in [0.2, 0.25) is 0 Å². The van der Waals surface area contributed by atoms with Crippen molar-refractivity contribution in [2.24, 2.45) is 0 Å². The average Bonchev–Trinajstić information content (AvgIpc) is 3.37. The highest BCUT2D eigenvalue weighted by atomic mass is 19.4. The molecule has 0 spiro atoms. The predicted octanol–water partition coefficient (Wildman–Crippen LogP) is 6.02. The molecule has 232 valence electrons. The molecule has 2 unspecified atom stereocenters. The Kier molecular flexibility index (Phi) is 7.64. The average molecular weight is 616 g/mol. The number of hydrogen-bond acceptors (Lipinski definition) is 7. The number of anilines is 2. The maximum atomic E-state index is 14.6. The largest absolute Gasteiger partial charge is 0.493 e. The quantitative estimate of drug-likeness (QED) is 0.255. The van der Waals surface area contributed by atoms with Crippen LogP contribution in [-0.2, 0) is 6.18 Å². The number of nitrogen functional groups attached to an aromatic ring is 1. The lowest BCUT2D eigenvalue weighted by Crippen LogP contribution is -2.55. The molecule has 3 N–H and O–H groups in total. The Bertz CT molecular complexity index is 1710. The highest BCUT2D eigenvalue weighted by Gasteiger charge is 2.48. The third-order valence-corrected chi connectivity index (χ3v) is 8.23. The molecule has 4 aromatic rings. The summed E-state index contributed by atoms with van der Waals surface area (Å²) in [4.78, 5) is 27.9. The van der Waals surface area contributed by atoms with Crippen molar-refractivity contribution in [3.05, 3.63) is 65.9 Å². The summed E-state index contributed by atoms with van der Waals surface area (Å²) in [5, 5.41) is 2.40. The molecule has 6 rings (SSSR count). The first kappa shape index (κ1) is 29.7. The molecule has 2 aliphatic rings. The van der Waals surface area contributed by atoms with Gasteiger partial charge in [-0.1, -0.05) is 0 Å². The number of piperidine rings is 2. The number of alkyl halides is 5. The van der Waals surface area contributed by atoms with Crippen LogP contribution in [-0.4, -0.2) is 61.8 Å². The Hall–Kier alpha value is -4.33. The van der Waals surface area contributed by atoms with Crippen LogP contribution >= 0.6 is 0 Å². The van der Waals surface area contributed by atoms with Crippen LogP contribution < -0.4 is 15.8 Å². The van der Waals surface area contributed by atoms with Crippen molar-refractivity contribution in [2.75, 3.05) is 30.7 Å². The van der Waals surface area contributed by atoms with Crippen LogP contribution in [0.3, 0.4) is 0 Å². The molecule has 0 radical (unpaired) electrons. The molecule has 0 aliphatic carbocycles. The smallest absolute Gasteiger partial charge is 0.416 e. The number of rotatable bonds is 6. The summed E-state index contributed by atoms with van der Waals surface area (Å²) in [6.07, 6.45) is 0.874. The molecule has 2 fully saturated rings. The maximum Gasteiger partial charge on any atom is 0.416 e. The summed E-state index contributed by atoms with van der Waals surface area (Å²) in [5.74, 6) is -2.62. The Balaban J connectivity index is 1.34. The number of nitrogens with zero attached hydrogens (tertiary/aromatic N) is 5. The Labute approximate surface area is 249 Å². The minimum atomic E-state index is -4.59. The van der Waals surface area contributed by atoms with Gasteiger partial charge in [-0.05, 0) is 63.1 Å². The van der Waals surface area contributed by atoms with Crippen molar-refractivity contribution in [1.82, 2.24) is 24.3 Å². The number of nitrogens with one attached hydrogen (secondary N) is 1. The monoisotopic (exact) mass is 615 g/mol. The Morgan fingerprint density at radius 3 is 2.75 bits per heavy atom. The molecule has 1 aromatic carbocycles. The van der Waals surface area contributed by atoms with E-state index in [1.807, 2.05) is 9.30 Å². The highest BCUT2D eigenvalue weighted by molar-refractivity contribution is 6.04. The van der Waals surface area contributed by atoms with Crippen molar-refractivity contribution in [3.63, 3.8) is 0 Å². The zero-order chi connectivity index (χ0) is 31.2. The standard InChI is InChI=1S/C30H30F5N7O2/c1-2-44-21-14-17(28(43)39-23-15-19(8-10-37-23)30(33,34)35)4-6-20(21)24-25-26(36)38-11-13-42(25)27(40-24)18-5-7-22-29(31,32)9-3-12-41(22)16-18/h4,6,8,10-11,13-15,18,22H,2-3,5,7,9,12,16H2,1H3,(H2,36,38)(H,37,39,43). The normalized spacial score (nSPS) is 20.3. The summed E-state index contributed by atoms with van der Waals surface area (Å²) in [6, 6.07) is 5.39. The van der Waals surface area contributed by atoms with Gasteiger partial charge >= 0.3 is 6.18 Å². The summed E-state index contributed by atoms with van der Waals surface area (Å²) in [7, 11) is 0. The van der Waals surface area contributed by atoms with E-state index in [2.05, 4.69) is 15.3 Å². The summed E-state index contributed by atoms with van der Waals surface area (Å²) in [6.45, 7) is 3.04. The van der Waals surface area contributed by atoms with Crippen LogP contribution in [0.5, 0.6) is 5.75 Å². The van der Waals surface area contributed by atoms with Crippen molar-refractivity contribution < 1.29 is 31.5 Å². The van der Waals surface area contributed by atoms with Gasteiger partial charge in [-0.15, -0.1) is 0 Å². The molecule has 44 heavy (non-hydrogen) atoms. The first-order valence-corrected chi connectivity index (χ1v) is 14.3. The molecule has 2 aliphatic heterocycles. The number of aromatic nitrogens is 4. The van der Waals surface area contributed by atoms with Gasteiger partial charge in [-0.2, -0.15) is 13.2 Å². The van der Waals surface area contributed by atoms with E-state index in [-0.39, 0.29) is 36.1 Å². The van der Waals surface area contributed by atoms with Crippen molar-refractivity contribution >= 4 is 23.1 Å². The fourth-order valence-corrected chi connectivity index (χ4v) is 6.22. The van der Waals surface area contributed by atoms with Gasteiger partial charge in [0.1, 0.15) is 34.4 Å². The zero-order valence-electron chi connectivity index (χ0n) is 23.7. The van der Waals surface area contributed by atoms with E-state index in [0.29, 0.717) is 60.7 Å². The van der Waals surface area contributed by atoms with E-state index in [1.54, 1.807) is 25.4 Å². The lowest BCUT2D eigenvalue weighted by atomic mass is 9.85. The van der Waals surface area contributed by atoms with Crippen LogP contribution in [0, 0.1) is 0 Å². The number of ether oxygens (including phenoxy) is 1. The van der Waals surface area contributed by atoms with Gasteiger partial charge in [0.15, 0.2) is 0 Å². The molecule has 3 aromatic heterocycles. The van der Waals surface area contributed by atoms with Crippen LogP contribution in [0.4, 0.5) is 33.6 Å². The molecule has 2 saturated heterocycles. The second kappa shape index (κ2) is 11.3. The van der Waals surface area contributed by atoms with Gasteiger partial charge < -0.3 is 15.8 Å². The predicted molar refractivity (Wildman–Crippen MR) is 153 cm³/mol. The van der Waals surface area contributed by atoms with Gasteiger partial charge in [-0.3, -0.25) is 14.1 Å². The van der Waals surface area contributed by atoms with Crippen molar-refractivity contribution in [3.8, 4) is 17.0 Å². The SMILES string of the molecule is CCOc1cc(C(=O)Nc2cc(C(F)(F)F)ccn2)ccc1-c1nc(C2CCC3N(CCCC3(F)F)C2)n2ccnc(N)c12. The van der Waals surface area contributed by atoms with Gasteiger partial charge in [-0.25, -0.2) is 23.7 Å². The zero-order valence-corrected chi connectivity index (χ0v) is 23.7. The van der Waals surface area contributed by atoms with Crippen LogP contribution in [0.25, 0.3) is 16.8 Å². The molecular weight excluding hydrogens is 585 g/mol. The number of carbonyl (C=O) groups is 1. The van der Waals surface area contributed by atoms with E-state index >= 15 is 0 Å². The molecule has 2 atom stereocenters. The summed E-state index contributed by atoms with van der Waals surface area (Å²) in [5.41, 5.74) is 7.00. The van der Waals surface area contributed by atoms with Crippen LogP contribution in [0.15, 0.2) is 48.9 Å². The van der Waals surface area contributed by atoms with Gasteiger partial charge in [0.05, 0.1) is 18.2 Å². The fraction of sp³-hybridized carbons (Fsp3) is 0.400. The number of nitrogens with two attached hydrogens (primary N) is 1. The van der Waals surface area contributed by atoms with E-state index in [1.165, 1.54) is 12.1 Å². The third kappa shape index (κ3) is 5.53. The molecular formula is C30H30F5N7O2. The van der Waals surface area contributed by atoms with E-state index in [9.17, 15) is 26.7 Å². The maximum absolute atomic E-state index is 14.6. The van der Waals surface area contributed by atoms with E-state index in [0.717, 1.165) is 18.3 Å². The molecule has 5 heterocycles. The minimum absolute atomic E-state index is 0.0951. The van der Waals surface area contributed by atoms with E-state index in [4.69, 9.17) is 15.5 Å². The fourth-order valence-electron chi connectivity index (χ4n) is 6.22. The third-order valence-electron chi connectivity index (χ3n) is 8.23. The minimum Gasteiger partial charge on any atom is -0.493 e. The van der Waals surface area contributed by atoms with Crippen molar-refractivity contribution in [1.29, 1.82) is 0 Å². The number of pyridine rings is 1. The van der Waals surface area contributed by atoms with E-state index < -0.39 is 29.6 Å². The molecule has 9 nitrogen and oxygen atoms in total.